The number of methoxy groups -OCH3 is 1. The normalized spacial score (nSPS) is 19.0. The van der Waals surface area contributed by atoms with Gasteiger partial charge >= 0.3 is 0 Å². The van der Waals surface area contributed by atoms with E-state index < -0.39 is 0 Å². The number of rotatable bonds is 5. The Morgan fingerprint density at radius 3 is 2.71 bits per heavy atom. The highest BCUT2D eigenvalue weighted by Gasteiger charge is 2.33. The zero-order valence-electron chi connectivity index (χ0n) is 16.6. The van der Waals surface area contributed by atoms with Crippen LogP contribution in [0, 0.1) is 0 Å². The minimum absolute atomic E-state index is 0.00368. The van der Waals surface area contributed by atoms with E-state index in [0.29, 0.717) is 6.61 Å². The van der Waals surface area contributed by atoms with Gasteiger partial charge in [-0.05, 0) is 48.9 Å². The predicted molar refractivity (Wildman–Crippen MR) is 115 cm³/mol. The van der Waals surface area contributed by atoms with Crippen LogP contribution in [0.3, 0.4) is 0 Å². The smallest absolute Gasteiger partial charge is 0.267 e. The van der Waals surface area contributed by atoms with Crippen molar-refractivity contribution in [2.45, 2.75) is 51.0 Å². The van der Waals surface area contributed by atoms with Gasteiger partial charge in [0, 0.05) is 11.3 Å². The Morgan fingerprint density at radius 1 is 1.32 bits per heavy atom. The van der Waals surface area contributed by atoms with Gasteiger partial charge in [0.15, 0.2) is 5.16 Å². The zero-order valence-corrected chi connectivity index (χ0v) is 18.2. The minimum atomic E-state index is -0.227. The zero-order chi connectivity index (χ0) is 19.9. The third-order valence-corrected chi connectivity index (χ3v) is 7.25. The summed E-state index contributed by atoms with van der Waals surface area (Å²) >= 11 is 3.17. The molecular weight excluding hydrogens is 392 g/mol. The molecule has 0 amide bonds. The van der Waals surface area contributed by atoms with Crippen molar-refractivity contribution in [3.8, 4) is 11.4 Å². The second-order valence-electron chi connectivity index (χ2n) is 7.12. The molecule has 5 nitrogen and oxygen atoms in total. The number of aromatic nitrogens is 2. The van der Waals surface area contributed by atoms with E-state index in [1.807, 2.05) is 24.3 Å². The van der Waals surface area contributed by atoms with Crippen LogP contribution in [-0.2, 0) is 17.8 Å². The van der Waals surface area contributed by atoms with Crippen molar-refractivity contribution >= 4 is 33.3 Å². The number of thioether (sulfide) groups is 1. The molecule has 1 aromatic carbocycles. The van der Waals surface area contributed by atoms with E-state index in [2.05, 4.69) is 20.8 Å². The molecule has 7 heteroatoms. The van der Waals surface area contributed by atoms with Gasteiger partial charge in [0.2, 0.25) is 0 Å². The Kier molecular flexibility index (Phi) is 5.24. The Hall–Kier alpha value is -1.83. The van der Waals surface area contributed by atoms with Gasteiger partial charge in [-0.1, -0.05) is 25.6 Å². The molecule has 0 radical (unpaired) electrons. The quantitative estimate of drug-likeness (QED) is 0.441. The summed E-state index contributed by atoms with van der Waals surface area (Å²) in [6.45, 7) is 6.87. The Morgan fingerprint density at radius 2 is 2.07 bits per heavy atom. The number of hydrogen-bond acceptors (Lipinski definition) is 6. The van der Waals surface area contributed by atoms with Crippen LogP contribution in [0.2, 0.25) is 0 Å². The van der Waals surface area contributed by atoms with E-state index in [0.717, 1.165) is 55.8 Å². The monoisotopic (exact) mass is 416 g/mol. The fourth-order valence-electron chi connectivity index (χ4n) is 3.51. The van der Waals surface area contributed by atoms with Crippen molar-refractivity contribution in [3.63, 3.8) is 0 Å². The lowest BCUT2D eigenvalue weighted by molar-refractivity contribution is -0.0543. The highest BCUT2D eigenvalue weighted by molar-refractivity contribution is 7.99. The minimum Gasteiger partial charge on any atom is -0.497 e. The molecule has 148 valence electrons. The summed E-state index contributed by atoms with van der Waals surface area (Å²) in [4.78, 5) is 20.5. The summed E-state index contributed by atoms with van der Waals surface area (Å²) in [6.07, 6.45) is 1.66. The summed E-state index contributed by atoms with van der Waals surface area (Å²) in [5, 5.41) is 1.47. The van der Waals surface area contributed by atoms with Gasteiger partial charge in [-0.15, -0.1) is 11.3 Å². The van der Waals surface area contributed by atoms with Crippen molar-refractivity contribution in [2.75, 3.05) is 12.9 Å². The summed E-state index contributed by atoms with van der Waals surface area (Å²) < 4.78 is 13.1. The molecule has 0 saturated heterocycles. The van der Waals surface area contributed by atoms with Crippen LogP contribution in [0.25, 0.3) is 15.9 Å². The van der Waals surface area contributed by atoms with Crippen LogP contribution in [0.4, 0.5) is 0 Å². The molecule has 2 aromatic heterocycles. The maximum atomic E-state index is 13.7. The number of nitrogens with zero attached hydrogens (tertiary/aromatic N) is 2. The second kappa shape index (κ2) is 7.54. The molecule has 3 heterocycles. The van der Waals surface area contributed by atoms with Gasteiger partial charge in [-0.2, -0.15) is 0 Å². The molecule has 1 aliphatic heterocycles. The van der Waals surface area contributed by atoms with Crippen LogP contribution >= 0.6 is 23.1 Å². The average Bonchev–Trinajstić information content (AvgIpc) is 3.06. The summed E-state index contributed by atoms with van der Waals surface area (Å²) in [5.74, 6) is 1.61. The first-order valence-corrected chi connectivity index (χ1v) is 11.3. The first-order chi connectivity index (χ1) is 13.5. The largest absolute Gasteiger partial charge is 0.497 e. The molecule has 0 aliphatic carbocycles. The predicted octanol–water partition coefficient (Wildman–Crippen LogP) is 4.81. The molecular formula is C21H24N2O3S2. The van der Waals surface area contributed by atoms with Crippen molar-refractivity contribution in [3.05, 3.63) is 45.1 Å². The lowest BCUT2D eigenvalue weighted by Gasteiger charge is -2.32. The van der Waals surface area contributed by atoms with Gasteiger partial charge in [0.05, 0.1) is 30.4 Å². The van der Waals surface area contributed by atoms with Gasteiger partial charge in [-0.3, -0.25) is 9.36 Å². The SMILES string of the molecule is CCSc1nc2sc3c(c2c(=O)n1-c1ccc(OC)cc1)C[C@](C)(CC)OC3. The first kappa shape index (κ1) is 19.5. The molecule has 4 rings (SSSR count). The van der Waals surface area contributed by atoms with Crippen LogP contribution in [0.1, 0.15) is 37.6 Å². The van der Waals surface area contributed by atoms with E-state index >= 15 is 0 Å². The maximum absolute atomic E-state index is 13.7. The number of hydrogen-bond donors (Lipinski definition) is 0. The molecule has 1 aliphatic rings. The fraction of sp³-hybridized carbons (Fsp3) is 0.429. The lowest BCUT2D eigenvalue weighted by atomic mass is 9.90. The van der Waals surface area contributed by atoms with E-state index in [1.54, 1.807) is 34.8 Å². The average molecular weight is 417 g/mol. The topological polar surface area (TPSA) is 53.4 Å². The molecule has 3 aromatic rings. The molecule has 0 spiro atoms. The number of thiophene rings is 1. The van der Waals surface area contributed by atoms with Crippen molar-refractivity contribution in [1.29, 1.82) is 0 Å². The van der Waals surface area contributed by atoms with Crippen LogP contribution < -0.4 is 10.3 Å². The van der Waals surface area contributed by atoms with E-state index in [1.165, 1.54) is 0 Å². The highest BCUT2D eigenvalue weighted by Crippen LogP contribution is 2.39. The van der Waals surface area contributed by atoms with Crippen LogP contribution in [0.15, 0.2) is 34.2 Å². The summed E-state index contributed by atoms with van der Waals surface area (Å²) in [6, 6.07) is 7.56. The van der Waals surface area contributed by atoms with Gasteiger partial charge in [0.1, 0.15) is 10.6 Å². The molecule has 0 unspecified atom stereocenters. The highest BCUT2D eigenvalue weighted by atomic mass is 32.2. The molecule has 0 fully saturated rings. The van der Waals surface area contributed by atoms with Crippen molar-refractivity contribution in [2.24, 2.45) is 0 Å². The summed E-state index contributed by atoms with van der Waals surface area (Å²) in [5.41, 5.74) is 1.70. The molecule has 1 atom stereocenters. The molecule has 0 bridgehead atoms. The second-order valence-corrected chi connectivity index (χ2v) is 9.43. The molecule has 28 heavy (non-hydrogen) atoms. The van der Waals surface area contributed by atoms with Crippen LogP contribution in [0.5, 0.6) is 5.75 Å². The van der Waals surface area contributed by atoms with Crippen molar-refractivity contribution < 1.29 is 9.47 Å². The molecule has 0 saturated carbocycles. The van der Waals surface area contributed by atoms with E-state index in [4.69, 9.17) is 14.5 Å². The summed E-state index contributed by atoms with van der Waals surface area (Å²) in [7, 11) is 1.64. The Balaban J connectivity index is 1.95. The van der Waals surface area contributed by atoms with E-state index in [-0.39, 0.29) is 11.2 Å². The first-order valence-electron chi connectivity index (χ1n) is 9.48. The third kappa shape index (κ3) is 3.25. The van der Waals surface area contributed by atoms with Gasteiger partial charge in [0.25, 0.3) is 5.56 Å². The van der Waals surface area contributed by atoms with Gasteiger partial charge < -0.3 is 9.47 Å². The lowest BCUT2D eigenvalue weighted by Crippen LogP contribution is -2.34. The maximum Gasteiger partial charge on any atom is 0.267 e. The molecule has 0 N–H and O–H groups in total. The number of fused-ring (bicyclic) bond motifs is 3. The Labute approximate surface area is 172 Å². The van der Waals surface area contributed by atoms with Crippen molar-refractivity contribution in [1.82, 2.24) is 9.55 Å². The number of benzene rings is 1. The third-order valence-electron chi connectivity index (χ3n) is 5.33. The van der Waals surface area contributed by atoms with Gasteiger partial charge in [-0.25, -0.2) is 4.98 Å². The Bertz CT molecular complexity index is 1070. The number of ether oxygens (including phenoxy) is 2. The standard InChI is InChI=1S/C21H24N2O3S2/c1-5-21(3)11-15-16(12-26-21)28-18-17(15)19(24)23(20(22-18)27-6-2)13-7-9-14(25-4)10-8-13/h7-10H,5-6,11-12H2,1-4H3/t21-/m0/s1. The fourth-order valence-corrected chi connectivity index (χ4v) is 5.40. The van der Waals surface area contributed by atoms with Crippen LogP contribution in [-0.4, -0.2) is 28.0 Å². The van der Waals surface area contributed by atoms with E-state index in [9.17, 15) is 4.79 Å².